The van der Waals surface area contributed by atoms with Crippen LogP contribution in [0.2, 0.25) is 0 Å². The number of carbonyl (C=O) groups is 2. The van der Waals surface area contributed by atoms with Crippen LogP contribution in [0.15, 0.2) is 18.2 Å². The zero-order valence-corrected chi connectivity index (χ0v) is 12.5. The summed E-state index contributed by atoms with van der Waals surface area (Å²) < 4.78 is 10.1. The molecule has 0 aliphatic heterocycles. The van der Waals surface area contributed by atoms with Crippen LogP contribution in [0.1, 0.15) is 47.2 Å². The standard InChI is InChI=1S/C16H19NO4/c1-4-10-9-13-11(15(18)20-5-2)7-8-12(14(13)17-10)16(19)21-6-3/h7-9,17H,4-6H2,1-3H3. The molecular weight excluding hydrogens is 270 g/mol. The smallest absolute Gasteiger partial charge is 0.340 e. The summed E-state index contributed by atoms with van der Waals surface area (Å²) in [7, 11) is 0. The predicted molar refractivity (Wildman–Crippen MR) is 79.6 cm³/mol. The van der Waals surface area contributed by atoms with Crippen LogP contribution in [0.3, 0.4) is 0 Å². The molecule has 1 N–H and O–H groups in total. The SMILES string of the molecule is CCOC(=O)c1ccc(C(=O)OCC)c2[nH]c(CC)cc12. The Morgan fingerprint density at radius 2 is 1.57 bits per heavy atom. The van der Waals surface area contributed by atoms with Crippen LogP contribution >= 0.6 is 0 Å². The average molecular weight is 289 g/mol. The minimum absolute atomic E-state index is 0.307. The Balaban J connectivity index is 2.59. The van der Waals surface area contributed by atoms with Gasteiger partial charge in [-0.25, -0.2) is 9.59 Å². The molecule has 0 aliphatic carbocycles. The first-order chi connectivity index (χ1) is 10.1. The largest absolute Gasteiger partial charge is 0.462 e. The van der Waals surface area contributed by atoms with Gasteiger partial charge in [0.1, 0.15) is 0 Å². The third-order valence-corrected chi connectivity index (χ3v) is 3.22. The maximum absolute atomic E-state index is 12.0. The Bertz CT molecular complexity index is 617. The summed E-state index contributed by atoms with van der Waals surface area (Å²) in [4.78, 5) is 27.2. The highest BCUT2D eigenvalue weighted by molar-refractivity contribution is 6.10. The molecule has 0 bridgehead atoms. The van der Waals surface area contributed by atoms with Crippen molar-refractivity contribution in [2.45, 2.75) is 27.2 Å². The Morgan fingerprint density at radius 1 is 1.00 bits per heavy atom. The molecular formula is C16H19NO4. The molecule has 21 heavy (non-hydrogen) atoms. The molecule has 0 spiro atoms. The van der Waals surface area contributed by atoms with E-state index < -0.39 is 5.97 Å². The van der Waals surface area contributed by atoms with Gasteiger partial charge in [0.15, 0.2) is 0 Å². The molecule has 0 unspecified atom stereocenters. The zero-order valence-electron chi connectivity index (χ0n) is 12.5. The van der Waals surface area contributed by atoms with Crippen molar-refractivity contribution in [2.75, 3.05) is 13.2 Å². The van der Waals surface area contributed by atoms with Crippen molar-refractivity contribution in [3.05, 3.63) is 35.0 Å². The second-order valence-electron chi connectivity index (χ2n) is 4.54. The van der Waals surface area contributed by atoms with Gasteiger partial charge >= 0.3 is 11.9 Å². The van der Waals surface area contributed by atoms with Crippen molar-refractivity contribution in [2.24, 2.45) is 0 Å². The van der Waals surface area contributed by atoms with Crippen LogP contribution in [0.4, 0.5) is 0 Å². The van der Waals surface area contributed by atoms with Gasteiger partial charge in [0.2, 0.25) is 0 Å². The van der Waals surface area contributed by atoms with Gasteiger partial charge in [-0.05, 0) is 38.5 Å². The van der Waals surface area contributed by atoms with Crippen molar-refractivity contribution >= 4 is 22.8 Å². The normalized spacial score (nSPS) is 10.6. The quantitative estimate of drug-likeness (QED) is 0.859. The van der Waals surface area contributed by atoms with E-state index in [2.05, 4.69) is 4.98 Å². The van der Waals surface area contributed by atoms with Gasteiger partial charge in [0.25, 0.3) is 0 Å². The van der Waals surface area contributed by atoms with Gasteiger partial charge in [-0.2, -0.15) is 0 Å². The van der Waals surface area contributed by atoms with Crippen LogP contribution in [0, 0.1) is 0 Å². The van der Waals surface area contributed by atoms with E-state index >= 15 is 0 Å². The number of nitrogens with one attached hydrogen (secondary N) is 1. The average Bonchev–Trinajstić information content (AvgIpc) is 2.90. The lowest BCUT2D eigenvalue weighted by molar-refractivity contribution is 0.0514. The van der Waals surface area contributed by atoms with Gasteiger partial charge in [-0.3, -0.25) is 0 Å². The Kier molecular flexibility index (Phi) is 4.62. The van der Waals surface area contributed by atoms with E-state index in [0.29, 0.717) is 35.2 Å². The topological polar surface area (TPSA) is 68.4 Å². The number of hydrogen-bond acceptors (Lipinski definition) is 4. The summed E-state index contributed by atoms with van der Waals surface area (Å²) in [5.74, 6) is -0.790. The zero-order chi connectivity index (χ0) is 15.4. The Labute approximate surface area is 123 Å². The number of hydrogen-bond donors (Lipinski definition) is 1. The summed E-state index contributed by atoms with van der Waals surface area (Å²) in [6.45, 7) is 6.13. The number of rotatable bonds is 5. The van der Waals surface area contributed by atoms with Crippen LogP contribution < -0.4 is 0 Å². The fourth-order valence-electron chi connectivity index (χ4n) is 2.23. The molecule has 1 aromatic carbocycles. The van der Waals surface area contributed by atoms with E-state index in [4.69, 9.17) is 9.47 Å². The van der Waals surface area contributed by atoms with Gasteiger partial charge in [0, 0.05) is 11.1 Å². The first-order valence-corrected chi connectivity index (χ1v) is 7.11. The summed E-state index contributed by atoms with van der Waals surface area (Å²) >= 11 is 0. The Hall–Kier alpha value is -2.30. The summed E-state index contributed by atoms with van der Waals surface area (Å²) in [6.07, 6.45) is 0.777. The second-order valence-corrected chi connectivity index (χ2v) is 4.54. The van der Waals surface area contributed by atoms with E-state index in [1.54, 1.807) is 26.0 Å². The van der Waals surface area contributed by atoms with Gasteiger partial charge in [0.05, 0.1) is 29.9 Å². The number of H-pyrrole nitrogens is 1. The molecule has 112 valence electrons. The van der Waals surface area contributed by atoms with Crippen LogP contribution in [-0.2, 0) is 15.9 Å². The number of aromatic amines is 1. The molecule has 0 saturated carbocycles. The predicted octanol–water partition coefficient (Wildman–Crippen LogP) is 3.08. The first-order valence-electron chi connectivity index (χ1n) is 7.11. The van der Waals surface area contributed by atoms with E-state index in [-0.39, 0.29) is 5.97 Å². The van der Waals surface area contributed by atoms with E-state index in [1.165, 1.54) is 0 Å². The van der Waals surface area contributed by atoms with Crippen LogP contribution in [0.5, 0.6) is 0 Å². The van der Waals surface area contributed by atoms with Crippen LogP contribution in [0.25, 0.3) is 10.9 Å². The van der Waals surface area contributed by atoms with Crippen molar-refractivity contribution < 1.29 is 19.1 Å². The lowest BCUT2D eigenvalue weighted by Gasteiger charge is -2.07. The van der Waals surface area contributed by atoms with Gasteiger partial charge in [-0.15, -0.1) is 0 Å². The van der Waals surface area contributed by atoms with Crippen molar-refractivity contribution in [1.29, 1.82) is 0 Å². The minimum Gasteiger partial charge on any atom is -0.462 e. The third-order valence-electron chi connectivity index (χ3n) is 3.22. The maximum Gasteiger partial charge on any atom is 0.340 e. The van der Waals surface area contributed by atoms with Crippen LogP contribution in [-0.4, -0.2) is 30.1 Å². The molecule has 2 aromatic rings. The lowest BCUT2D eigenvalue weighted by Crippen LogP contribution is -2.09. The molecule has 5 heteroatoms. The molecule has 0 saturated heterocycles. The molecule has 1 aromatic heterocycles. The highest BCUT2D eigenvalue weighted by atomic mass is 16.5. The van der Waals surface area contributed by atoms with E-state index in [0.717, 1.165) is 12.1 Å². The molecule has 0 radical (unpaired) electrons. The molecule has 1 heterocycles. The van der Waals surface area contributed by atoms with E-state index in [9.17, 15) is 9.59 Å². The lowest BCUT2D eigenvalue weighted by atomic mass is 10.1. The number of fused-ring (bicyclic) bond motifs is 1. The number of carbonyl (C=O) groups excluding carboxylic acids is 2. The van der Waals surface area contributed by atoms with Gasteiger partial charge in [-0.1, -0.05) is 6.92 Å². The van der Waals surface area contributed by atoms with Gasteiger partial charge < -0.3 is 14.5 Å². The van der Waals surface area contributed by atoms with Crippen molar-refractivity contribution in [3.8, 4) is 0 Å². The van der Waals surface area contributed by atoms with Crippen molar-refractivity contribution in [1.82, 2.24) is 4.98 Å². The highest BCUT2D eigenvalue weighted by Crippen LogP contribution is 2.25. The summed E-state index contributed by atoms with van der Waals surface area (Å²) in [5.41, 5.74) is 2.46. The van der Waals surface area contributed by atoms with Crippen molar-refractivity contribution in [3.63, 3.8) is 0 Å². The molecule has 5 nitrogen and oxygen atoms in total. The first kappa shape index (κ1) is 15.1. The number of ether oxygens (including phenoxy) is 2. The number of aromatic nitrogens is 1. The molecule has 0 aliphatic rings. The number of benzene rings is 1. The van der Waals surface area contributed by atoms with E-state index in [1.807, 2.05) is 13.0 Å². The molecule has 0 atom stereocenters. The highest BCUT2D eigenvalue weighted by Gasteiger charge is 2.19. The number of esters is 2. The minimum atomic E-state index is -0.401. The molecule has 2 rings (SSSR count). The Morgan fingerprint density at radius 3 is 2.14 bits per heavy atom. The summed E-state index contributed by atoms with van der Waals surface area (Å²) in [5, 5.41) is 0.691. The molecule has 0 fully saturated rings. The number of aryl methyl sites for hydroxylation is 1. The maximum atomic E-state index is 12.0. The summed E-state index contributed by atoms with van der Waals surface area (Å²) in [6, 6.07) is 5.09. The molecule has 0 amide bonds. The third kappa shape index (κ3) is 2.91. The second kappa shape index (κ2) is 6.43. The fraction of sp³-hybridized carbons (Fsp3) is 0.375. The fourth-order valence-corrected chi connectivity index (χ4v) is 2.23. The monoisotopic (exact) mass is 289 g/mol.